The molecule has 1 saturated heterocycles. The predicted molar refractivity (Wildman–Crippen MR) is 110 cm³/mol. The van der Waals surface area contributed by atoms with Gasteiger partial charge in [0, 0.05) is 29.1 Å². The van der Waals surface area contributed by atoms with E-state index in [4.69, 9.17) is 14.9 Å². The molecule has 0 spiro atoms. The molecular formula is C21H20F3N5O2. The van der Waals surface area contributed by atoms with Crippen LogP contribution in [0.4, 0.5) is 18.9 Å². The van der Waals surface area contributed by atoms with Crippen LogP contribution in [-0.2, 0) is 4.79 Å². The minimum absolute atomic E-state index is 0.458. The molecule has 31 heavy (non-hydrogen) atoms. The first-order valence-corrected chi connectivity index (χ1v) is 9.47. The number of halogens is 3. The fourth-order valence-corrected chi connectivity index (χ4v) is 3.34. The van der Waals surface area contributed by atoms with E-state index in [1.807, 2.05) is 37.3 Å². The summed E-state index contributed by atoms with van der Waals surface area (Å²) in [5.74, 6) is -2.76. The van der Waals surface area contributed by atoms with Gasteiger partial charge in [-0.15, -0.1) is 0 Å². The highest BCUT2D eigenvalue weighted by molar-refractivity contribution is 5.97. The third-order valence-corrected chi connectivity index (χ3v) is 4.82. The smallest absolute Gasteiger partial charge is 0.475 e. The fraction of sp³-hybridized carbons (Fsp3) is 0.286. The first-order chi connectivity index (χ1) is 14.7. The maximum atomic E-state index is 10.6. The molecule has 0 bridgehead atoms. The summed E-state index contributed by atoms with van der Waals surface area (Å²) in [6, 6.07) is 14.7. The average molecular weight is 431 g/mol. The molecule has 1 fully saturated rings. The van der Waals surface area contributed by atoms with E-state index in [0.717, 1.165) is 53.1 Å². The second-order valence-corrected chi connectivity index (χ2v) is 7.00. The first-order valence-electron chi connectivity index (χ1n) is 9.47. The highest BCUT2D eigenvalue weighted by Crippen LogP contribution is 2.32. The molecule has 0 saturated carbocycles. The van der Waals surface area contributed by atoms with E-state index >= 15 is 0 Å². The second kappa shape index (κ2) is 9.06. The van der Waals surface area contributed by atoms with Crippen LogP contribution in [0.2, 0.25) is 0 Å². The van der Waals surface area contributed by atoms with Crippen molar-refractivity contribution in [1.82, 2.24) is 15.3 Å². The molecule has 3 aromatic rings. The van der Waals surface area contributed by atoms with Crippen molar-refractivity contribution < 1.29 is 23.1 Å². The quantitative estimate of drug-likeness (QED) is 0.501. The van der Waals surface area contributed by atoms with Crippen molar-refractivity contribution in [1.29, 1.82) is 5.26 Å². The largest absolute Gasteiger partial charge is 0.490 e. The molecule has 7 nitrogen and oxygen atoms in total. The zero-order chi connectivity index (χ0) is 22.6. The number of aryl methyl sites for hydroxylation is 1. The number of hydrogen-bond acceptors (Lipinski definition) is 5. The summed E-state index contributed by atoms with van der Waals surface area (Å²) < 4.78 is 31.7. The summed E-state index contributed by atoms with van der Waals surface area (Å²) in [7, 11) is 0. The maximum absolute atomic E-state index is 10.6. The van der Waals surface area contributed by atoms with Gasteiger partial charge in [0.15, 0.2) is 0 Å². The lowest BCUT2D eigenvalue weighted by atomic mass is 10.1. The van der Waals surface area contributed by atoms with Crippen molar-refractivity contribution in [2.45, 2.75) is 25.6 Å². The molecule has 0 aliphatic carbocycles. The van der Waals surface area contributed by atoms with Gasteiger partial charge in [0.25, 0.3) is 0 Å². The Labute approximate surface area is 175 Å². The number of para-hydroxylation sites is 1. The maximum Gasteiger partial charge on any atom is 0.490 e. The van der Waals surface area contributed by atoms with Crippen LogP contribution in [0.5, 0.6) is 0 Å². The summed E-state index contributed by atoms with van der Waals surface area (Å²) in [6.07, 6.45) is -3.96. The van der Waals surface area contributed by atoms with Gasteiger partial charge in [0.05, 0.1) is 17.1 Å². The number of aromatic amines is 1. The van der Waals surface area contributed by atoms with Crippen molar-refractivity contribution in [3.05, 3.63) is 47.8 Å². The molecule has 1 atom stereocenters. The topological polar surface area (TPSA) is 114 Å². The first kappa shape index (κ1) is 22.1. The Morgan fingerprint density at radius 3 is 2.58 bits per heavy atom. The number of carboxylic acid groups (broad SMARTS) is 1. The van der Waals surface area contributed by atoms with Crippen LogP contribution >= 0.6 is 0 Å². The Bertz CT molecular complexity index is 1130. The number of anilines is 1. The van der Waals surface area contributed by atoms with Gasteiger partial charge < -0.3 is 20.7 Å². The number of aromatic nitrogens is 2. The Hall–Kier alpha value is -3.58. The Morgan fingerprint density at radius 2 is 2.00 bits per heavy atom. The van der Waals surface area contributed by atoms with Gasteiger partial charge in [-0.3, -0.25) is 4.98 Å². The van der Waals surface area contributed by atoms with E-state index < -0.39 is 12.1 Å². The van der Waals surface area contributed by atoms with E-state index in [1.165, 1.54) is 0 Å². The van der Waals surface area contributed by atoms with Crippen LogP contribution in [0.1, 0.15) is 17.8 Å². The number of aliphatic carboxylic acids is 1. The number of hydrogen-bond donors (Lipinski definition) is 4. The van der Waals surface area contributed by atoms with E-state index in [1.54, 1.807) is 0 Å². The van der Waals surface area contributed by atoms with Crippen molar-refractivity contribution in [3.63, 3.8) is 0 Å². The van der Waals surface area contributed by atoms with E-state index in [-0.39, 0.29) is 0 Å². The molecule has 0 radical (unpaired) electrons. The number of nitrogens with zero attached hydrogens (tertiary/aromatic N) is 2. The van der Waals surface area contributed by atoms with E-state index in [2.05, 4.69) is 27.8 Å². The summed E-state index contributed by atoms with van der Waals surface area (Å²) in [5.41, 5.74) is 5.24. The fourth-order valence-electron chi connectivity index (χ4n) is 3.34. The number of pyridine rings is 1. The van der Waals surface area contributed by atoms with Gasteiger partial charge in [-0.1, -0.05) is 18.2 Å². The molecule has 1 aliphatic heterocycles. The van der Waals surface area contributed by atoms with Crippen molar-refractivity contribution >= 4 is 22.6 Å². The van der Waals surface area contributed by atoms with Crippen LogP contribution in [-0.4, -0.2) is 46.4 Å². The summed E-state index contributed by atoms with van der Waals surface area (Å²) in [4.78, 5) is 16.8. The van der Waals surface area contributed by atoms with Crippen molar-refractivity contribution in [2.24, 2.45) is 0 Å². The zero-order valence-electron chi connectivity index (χ0n) is 16.5. The number of rotatable bonds is 3. The van der Waals surface area contributed by atoms with Gasteiger partial charge in [0.2, 0.25) is 0 Å². The normalized spacial score (nSPS) is 15.8. The zero-order valence-corrected chi connectivity index (χ0v) is 16.5. The lowest BCUT2D eigenvalue weighted by Gasteiger charge is -2.15. The highest BCUT2D eigenvalue weighted by atomic mass is 19.4. The Balaban J connectivity index is 0.000000339. The third kappa shape index (κ3) is 5.13. The molecule has 4 rings (SSSR count). The highest BCUT2D eigenvalue weighted by Gasteiger charge is 2.38. The van der Waals surface area contributed by atoms with Gasteiger partial charge in [-0.25, -0.2) is 4.79 Å². The molecule has 1 aromatic carbocycles. The van der Waals surface area contributed by atoms with Gasteiger partial charge in [0.1, 0.15) is 11.8 Å². The number of fused-ring (bicyclic) bond motifs is 1. The third-order valence-electron chi connectivity index (χ3n) is 4.82. The minimum Gasteiger partial charge on any atom is -0.475 e. The number of carbonyl (C=O) groups is 1. The molecular weight excluding hydrogens is 411 g/mol. The minimum atomic E-state index is -5.08. The molecule has 1 aliphatic rings. The van der Waals surface area contributed by atoms with Gasteiger partial charge in [-0.05, 0) is 38.1 Å². The van der Waals surface area contributed by atoms with Crippen LogP contribution < -0.4 is 10.6 Å². The average Bonchev–Trinajstić information content (AvgIpc) is 3.36. The standard InChI is InChI=1S/C19H19N5.C2HF3O2/c1-12-15(23-13-8-9-21-11-13)6-7-17(22-12)19-14-4-2-3-5-16(14)24-18(19)10-20;3-2(4,5)1(6)7/h2-7,13,21,23-24H,8-9,11H2,1H3;(H,6,7). The second-order valence-electron chi connectivity index (χ2n) is 7.00. The number of carboxylic acids is 1. The molecule has 162 valence electrons. The van der Waals surface area contributed by atoms with E-state index in [9.17, 15) is 18.4 Å². The number of nitrogens with one attached hydrogen (secondary N) is 3. The van der Waals surface area contributed by atoms with Crippen molar-refractivity contribution in [2.75, 3.05) is 18.4 Å². The predicted octanol–water partition coefficient (Wildman–Crippen LogP) is 3.82. The molecule has 3 heterocycles. The molecule has 4 N–H and O–H groups in total. The molecule has 0 amide bonds. The van der Waals surface area contributed by atoms with Gasteiger partial charge in [-0.2, -0.15) is 18.4 Å². The van der Waals surface area contributed by atoms with Crippen LogP contribution in [0.3, 0.4) is 0 Å². The number of benzene rings is 1. The molecule has 2 aromatic heterocycles. The number of alkyl halides is 3. The van der Waals surface area contributed by atoms with Crippen LogP contribution in [0.15, 0.2) is 36.4 Å². The summed E-state index contributed by atoms with van der Waals surface area (Å²) in [6.45, 7) is 4.06. The van der Waals surface area contributed by atoms with Gasteiger partial charge >= 0.3 is 12.1 Å². The summed E-state index contributed by atoms with van der Waals surface area (Å²) in [5, 5.41) is 24.5. The number of H-pyrrole nitrogens is 1. The summed E-state index contributed by atoms with van der Waals surface area (Å²) >= 11 is 0. The SMILES string of the molecule is Cc1nc(-c2c(C#N)[nH]c3ccccc23)ccc1NC1CCNC1.O=C(O)C(F)(F)F. The number of nitriles is 1. The van der Waals surface area contributed by atoms with Crippen molar-refractivity contribution in [3.8, 4) is 17.3 Å². The van der Waals surface area contributed by atoms with Crippen LogP contribution in [0, 0.1) is 18.3 Å². The monoisotopic (exact) mass is 431 g/mol. The van der Waals surface area contributed by atoms with Crippen LogP contribution in [0.25, 0.3) is 22.2 Å². The Morgan fingerprint density at radius 1 is 1.29 bits per heavy atom. The van der Waals surface area contributed by atoms with E-state index in [0.29, 0.717) is 11.7 Å². The lowest BCUT2D eigenvalue weighted by molar-refractivity contribution is -0.192. The molecule has 1 unspecified atom stereocenters. The Kier molecular flexibility index (Phi) is 6.46. The molecule has 10 heteroatoms. The lowest BCUT2D eigenvalue weighted by Crippen LogP contribution is -2.22.